The second kappa shape index (κ2) is 8.83. The summed E-state index contributed by atoms with van der Waals surface area (Å²) in [5, 5.41) is 9.39. The molecule has 0 aromatic rings. The molecule has 1 N–H and O–H groups in total. The van der Waals surface area contributed by atoms with Gasteiger partial charge in [0.25, 0.3) is 0 Å². The molecule has 1 spiro atoms. The molecule has 2 bridgehead atoms. The molecule has 3 aliphatic rings. The van der Waals surface area contributed by atoms with Gasteiger partial charge in [-0.3, -0.25) is 14.4 Å². The summed E-state index contributed by atoms with van der Waals surface area (Å²) in [6.07, 6.45) is 1.92. The summed E-state index contributed by atoms with van der Waals surface area (Å²) in [5.74, 6) is -2.51. The molecule has 0 aromatic carbocycles. The summed E-state index contributed by atoms with van der Waals surface area (Å²) in [7, 11) is 0. The van der Waals surface area contributed by atoms with E-state index in [0.29, 0.717) is 19.4 Å². The highest BCUT2D eigenvalue weighted by atomic mass is 79.9. The molecule has 2 amide bonds. The smallest absolute Gasteiger partial charge is 0.312 e. The minimum absolute atomic E-state index is 0.107. The Bertz CT molecular complexity index is 753. The van der Waals surface area contributed by atoms with Gasteiger partial charge in [0.2, 0.25) is 11.8 Å². The molecule has 0 radical (unpaired) electrons. The molecule has 3 saturated heterocycles. The van der Waals surface area contributed by atoms with Crippen LogP contribution in [0.5, 0.6) is 0 Å². The molecule has 3 rings (SSSR count). The lowest BCUT2D eigenvalue weighted by atomic mass is 9.70. The van der Waals surface area contributed by atoms with Gasteiger partial charge in [0.15, 0.2) is 0 Å². The van der Waals surface area contributed by atoms with E-state index in [-0.39, 0.29) is 36.4 Å². The van der Waals surface area contributed by atoms with E-state index in [1.807, 2.05) is 20.8 Å². The van der Waals surface area contributed by atoms with Gasteiger partial charge >= 0.3 is 5.97 Å². The van der Waals surface area contributed by atoms with Gasteiger partial charge in [0, 0.05) is 30.1 Å². The zero-order valence-electron chi connectivity index (χ0n) is 18.7. The summed E-state index contributed by atoms with van der Waals surface area (Å²) in [6, 6.07) is -0.875. The zero-order chi connectivity index (χ0) is 23.1. The number of ether oxygens (including phenoxy) is 2. The predicted molar refractivity (Wildman–Crippen MR) is 117 cm³/mol. The number of rotatable bonds is 8. The fraction of sp³-hybridized carbons (Fsp3) is 0.773. The lowest BCUT2D eigenvalue weighted by Gasteiger charge is -2.42. The van der Waals surface area contributed by atoms with Crippen LogP contribution in [0.3, 0.4) is 0 Å². The average molecular weight is 501 g/mol. The molecule has 8 nitrogen and oxygen atoms in total. The van der Waals surface area contributed by atoms with Crippen molar-refractivity contribution in [1.29, 1.82) is 0 Å². The van der Waals surface area contributed by atoms with Crippen LogP contribution in [0, 0.1) is 11.8 Å². The molecule has 3 heterocycles. The summed E-state index contributed by atoms with van der Waals surface area (Å²) in [5.41, 5.74) is -1.61. The molecule has 3 unspecified atom stereocenters. The molecule has 3 fully saturated rings. The topological polar surface area (TPSA) is 96.4 Å². The van der Waals surface area contributed by atoms with Crippen LogP contribution in [0.4, 0.5) is 0 Å². The number of hydrogen-bond donors (Lipinski definition) is 1. The molecule has 0 aromatic heterocycles. The number of amides is 2. The summed E-state index contributed by atoms with van der Waals surface area (Å²) in [6.45, 7) is 11.9. The first-order valence-electron chi connectivity index (χ1n) is 10.9. The minimum Gasteiger partial charge on any atom is -0.466 e. The molecule has 0 saturated carbocycles. The number of carbonyl (C=O) groups excluding carboxylic acids is 3. The van der Waals surface area contributed by atoms with Crippen molar-refractivity contribution in [2.24, 2.45) is 11.8 Å². The van der Waals surface area contributed by atoms with Crippen LogP contribution in [-0.2, 0) is 23.9 Å². The second-order valence-corrected chi connectivity index (χ2v) is 10.6. The minimum atomic E-state index is -1.11. The van der Waals surface area contributed by atoms with Gasteiger partial charge in [-0.2, -0.15) is 0 Å². The van der Waals surface area contributed by atoms with Crippen molar-refractivity contribution in [3.8, 4) is 0 Å². The predicted octanol–water partition coefficient (Wildman–Crippen LogP) is 1.49. The molecular formula is C22H33BrN2O6. The Labute approximate surface area is 192 Å². The second-order valence-electron chi connectivity index (χ2n) is 9.43. The van der Waals surface area contributed by atoms with Crippen molar-refractivity contribution in [1.82, 2.24) is 9.80 Å². The van der Waals surface area contributed by atoms with Crippen LogP contribution in [0.2, 0.25) is 0 Å². The quantitative estimate of drug-likeness (QED) is 0.308. The summed E-state index contributed by atoms with van der Waals surface area (Å²) < 4.78 is 11.7. The fourth-order valence-corrected chi connectivity index (χ4v) is 6.31. The van der Waals surface area contributed by atoms with E-state index in [1.54, 1.807) is 17.9 Å². The van der Waals surface area contributed by atoms with Crippen LogP contribution >= 0.6 is 15.9 Å². The van der Waals surface area contributed by atoms with Crippen molar-refractivity contribution >= 4 is 33.7 Å². The summed E-state index contributed by atoms with van der Waals surface area (Å²) in [4.78, 5) is 43.4. The maximum atomic E-state index is 13.9. The van der Waals surface area contributed by atoms with Gasteiger partial charge in [-0.1, -0.05) is 22.0 Å². The number of likely N-dealkylation sites (tertiary alicyclic amines) is 1. The Kier molecular flexibility index (Phi) is 6.89. The zero-order valence-corrected chi connectivity index (χ0v) is 20.3. The first kappa shape index (κ1) is 24.2. The van der Waals surface area contributed by atoms with Crippen LogP contribution in [0.15, 0.2) is 12.7 Å². The lowest BCUT2D eigenvalue weighted by Crippen LogP contribution is -2.60. The van der Waals surface area contributed by atoms with E-state index in [9.17, 15) is 19.5 Å². The Morgan fingerprint density at radius 3 is 2.68 bits per heavy atom. The van der Waals surface area contributed by atoms with Gasteiger partial charge in [0.05, 0.1) is 24.5 Å². The molecule has 9 heteroatoms. The SMILES string of the molecule is C=CCN(C(=O)C1N(CCCO)C(=O)[C@@H]2[C@H](C(=O)OCC)[C@H]3OC12CC3Br)C(C)(C)C. The maximum Gasteiger partial charge on any atom is 0.312 e. The van der Waals surface area contributed by atoms with Crippen LogP contribution in [0.25, 0.3) is 0 Å². The molecule has 31 heavy (non-hydrogen) atoms. The van der Waals surface area contributed by atoms with Crippen LogP contribution < -0.4 is 0 Å². The monoisotopic (exact) mass is 500 g/mol. The normalized spacial score (nSPS) is 34.1. The van der Waals surface area contributed by atoms with E-state index in [2.05, 4.69) is 22.5 Å². The van der Waals surface area contributed by atoms with Gasteiger partial charge in [-0.15, -0.1) is 6.58 Å². The van der Waals surface area contributed by atoms with Gasteiger partial charge in [-0.25, -0.2) is 0 Å². The van der Waals surface area contributed by atoms with Crippen molar-refractivity contribution in [3.63, 3.8) is 0 Å². The van der Waals surface area contributed by atoms with E-state index < -0.39 is 41.1 Å². The Balaban J connectivity index is 2.08. The number of fused-ring (bicyclic) bond motifs is 1. The van der Waals surface area contributed by atoms with Crippen molar-refractivity contribution in [3.05, 3.63) is 12.7 Å². The number of aliphatic hydroxyl groups excluding tert-OH is 1. The Morgan fingerprint density at radius 1 is 1.45 bits per heavy atom. The van der Waals surface area contributed by atoms with E-state index in [0.717, 1.165) is 0 Å². The highest BCUT2D eigenvalue weighted by Crippen LogP contribution is 2.60. The van der Waals surface area contributed by atoms with Crippen molar-refractivity contribution in [2.45, 2.75) is 68.6 Å². The number of carbonyl (C=O) groups is 3. The molecule has 6 atom stereocenters. The number of halogens is 1. The standard InChI is InChI=1S/C22H33BrN2O6/c1-6-9-25(21(3,4)5)19(28)17-22-12-13(23)16(31-22)14(20(29)30-7-2)15(22)18(27)24(17)10-8-11-26/h6,13-17,26H,1,7-12H2,2-5H3/t13?,14-,15-,16-,17?,22?/m0/s1. The first-order valence-corrected chi connectivity index (χ1v) is 11.8. The van der Waals surface area contributed by atoms with Crippen molar-refractivity contribution in [2.75, 3.05) is 26.3 Å². The number of nitrogens with zero attached hydrogens (tertiary/aromatic N) is 2. The number of esters is 1. The Morgan fingerprint density at radius 2 is 2.13 bits per heavy atom. The van der Waals surface area contributed by atoms with Crippen LogP contribution in [-0.4, -0.2) is 87.1 Å². The van der Waals surface area contributed by atoms with Crippen LogP contribution in [0.1, 0.15) is 40.5 Å². The molecule has 3 aliphatic heterocycles. The van der Waals surface area contributed by atoms with E-state index >= 15 is 0 Å². The number of hydrogen-bond acceptors (Lipinski definition) is 6. The van der Waals surface area contributed by atoms with Gasteiger partial charge in [-0.05, 0) is 40.5 Å². The molecular weight excluding hydrogens is 468 g/mol. The third kappa shape index (κ3) is 3.82. The van der Waals surface area contributed by atoms with Gasteiger partial charge < -0.3 is 24.4 Å². The lowest BCUT2D eigenvalue weighted by molar-refractivity contribution is -0.155. The summed E-state index contributed by atoms with van der Waals surface area (Å²) >= 11 is 3.62. The molecule has 0 aliphatic carbocycles. The third-order valence-corrected chi connectivity index (χ3v) is 7.37. The van der Waals surface area contributed by atoms with E-state index in [4.69, 9.17) is 9.47 Å². The van der Waals surface area contributed by atoms with E-state index in [1.165, 1.54) is 4.90 Å². The fourth-order valence-electron chi connectivity index (χ4n) is 5.37. The van der Waals surface area contributed by atoms with Gasteiger partial charge in [0.1, 0.15) is 11.6 Å². The largest absolute Gasteiger partial charge is 0.466 e. The number of alkyl halides is 1. The first-order chi connectivity index (χ1) is 14.5. The third-order valence-electron chi connectivity index (χ3n) is 6.53. The Hall–Kier alpha value is -1.45. The average Bonchev–Trinajstić information content (AvgIpc) is 3.27. The van der Waals surface area contributed by atoms with Crippen molar-refractivity contribution < 1.29 is 29.0 Å². The number of aliphatic hydroxyl groups is 1. The molecule has 174 valence electrons. The highest BCUT2D eigenvalue weighted by molar-refractivity contribution is 9.09. The maximum absolute atomic E-state index is 13.9. The highest BCUT2D eigenvalue weighted by Gasteiger charge is 2.77.